The molecular formula is C14H13N3O4. The van der Waals surface area contributed by atoms with Gasteiger partial charge in [-0.3, -0.25) is 9.78 Å². The molecular weight excluding hydrogens is 274 g/mol. The molecule has 1 saturated carbocycles. The quantitative estimate of drug-likeness (QED) is 0.882. The third-order valence-electron chi connectivity index (χ3n) is 3.66. The van der Waals surface area contributed by atoms with Crippen LogP contribution in [0.5, 0.6) is 0 Å². The molecule has 2 aromatic heterocycles. The van der Waals surface area contributed by atoms with Gasteiger partial charge in [0.05, 0.1) is 0 Å². The number of nitrogens with one attached hydrogen (secondary N) is 1. The summed E-state index contributed by atoms with van der Waals surface area (Å²) in [6.45, 7) is 0. The molecule has 108 valence electrons. The maximum atomic E-state index is 12.1. The molecule has 2 heterocycles. The average molecular weight is 287 g/mol. The summed E-state index contributed by atoms with van der Waals surface area (Å²) in [5.74, 6) is -1.15. The van der Waals surface area contributed by atoms with Gasteiger partial charge in [0.2, 0.25) is 0 Å². The minimum atomic E-state index is -1.16. The third kappa shape index (κ3) is 2.37. The van der Waals surface area contributed by atoms with Gasteiger partial charge in [0.25, 0.3) is 5.91 Å². The van der Waals surface area contributed by atoms with E-state index in [0.717, 1.165) is 6.42 Å². The van der Waals surface area contributed by atoms with Gasteiger partial charge in [-0.05, 0) is 31.4 Å². The Bertz CT molecular complexity index is 677. The molecule has 0 atom stereocenters. The number of carboxylic acids is 1. The molecule has 1 aliphatic carbocycles. The molecule has 2 aromatic rings. The summed E-state index contributed by atoms with van der Waals surface area (Å²) in [7, 11) is 0. The van der Waals surface area contributed by atoms with Gasteiger partial charge in [-0.25, -0.2) is 4.79 Å². The van der Waals surface area contributed by atoms with Crippen molar-refractivity contribution < 1.29 is 19.2 Å². The zero-order valence-electron chi connectivity index (χ0n) is 11.1. The first-order valence-corrected chi connectivity index (χ1v) is 6.54. The molecule has 7 nitrogen and oxygen atoms in total. The molecule has 0 saturated heterocycles. The molecule has 0 radical (unpaired) electrons. The van der Waals surface area contributed by atoms with Gasteiger partial charge in [-0.1, -0.05) is 5.16 Å². The molecule has 3 rings (SSSR count). The number of aromatic nitrogens is 2. The van der Waals surface area contributed by atoms with Gasteiger partial charge >= 0.3 is 5.97 Å². The summed E-state index contributed by atoms with van der Waals surface area (Å²) in [6.07, 6.45) is 4.86. The van der Waals surface area contributed by atoms with Crippen LogP contribution in [0, 0.1) is 0 Å². The van der Waals surface area contributed by atoms with Crippen LogP contribution in [0.25, 0.3) is 11.3 Å². The van der Waals surface area contributed by atoms with E-state index in [0.29, 0.717) is 24.2 Å². The molecule has 7 heteroatoms. The predicted molar refractivity (Wildman–Crippen MR) is 71.4 cm³/mol. The molecule has 0 spiro atoms. The fourth-order valence-electron chi connectivity index (χ4n) is 2.23. The second kappa shape index (κ2) is 5.01. The third-order valence-corrected chi connectivity index (χ3v) is 3.66. The summed E-state index contributed by atoms with van der Waals surface area (Å²) in [4.78, 5) is 27.3. The Morgan fingerprint density at radius 1 is 1.38 bits per heavy atom. The number of hydrogen-bond donors (Lipinski definition) is 2. The van der Waals surface area contributed by atoms with Crippen LogP contribution in [0.1, 0.15) is 29.8 Å². The lowest BCUT2D eigenvalue weighted by Gasteiger charge is -2.37. The van der Waals surface area contributed by atoms with Crippen LogP contribution in [-0.4, -0.2) is 32.7 Å². The van der Waals surface area contributed by atoms with Gasteiger partial charge in [-0.15, -0.1) is 0 Å². The fourth-order valence-corrected chi connectivity index (χ4v) is 2.23. The normalized spacial score (nSPS) is 16.0. The minimum Gasteiger partial charge on any atom is -0.480 e. The van der Waals surface area contributed by atoms with Crippen LogP contribution < -0.4 is 5.32 Å². The van der Waals surface area contributed by atoms with Crippen molar-refractivity contribution in [3.63, 3.8) is 0 Å². The Kier molecular flexibility index (Phi) is 3.17. The van der Waals surface area contributed by atoms with Crippen molar-refractivity contribution in [1.82, 2.24) is 15.5 Å². The molecule has 1 aliphatic rings. The smallest absolute Gasteiger partial charge is 0.329 e. The molecule has 2 N–H and O–H groups in total. The number of amides is 1. The van der Waals surface area contributed by atoms with Crippen LogP contribution in [-0.2, 0) is 4.79 Å². The number of hydrogen-bond acceptors (Lipinski definition) is 5. The van der Waals surface area contributed by atoms with Crippen LogP contribution in [0.15, 0.2) is 35.1 Å². The lowest BCUT2D eigenvalue weighted by molar-refractivity contribution is -0.148. The topological polar surface area (TPSA) is 105 Å². The van der Waals surface area contributed by atoms with Crippen molar-refractivity contribution in [3.8, 4) is 11.3 Å². The lowest BCUT2D eigenvalue weighted by atomic mass is 9.76. The Morgan fingerprint density at radius 2 is 2.19 bits per heavy atom. The van der Waals surface area contributed by atoms with Gasteiger partial charge in [-0.2, -0.15) is 0 Å². The second-order valence-electron chi connectivity index (χ2n) is 5.01. The number of carboxylic acid groups (broad SMARTS) is 1. The highest BCUT2D eigenvalue weighted by Gasteiger charge is 2.46. The first kappa shape index (κ1) is 13.3. The highest BCUT2D eigenvalue weighted by Crippen LogP contribution is 2.32. The molecule has 0 bridgehead atoms. The molecule has 21 heavy (non-hydrogen) atoms. The van der Waals surface area contributed by atoms with Gasteiger partial charge in [0, 0.05) is 24.0 Å². The van der Waals surface area contributed by atoms with Crippen LogP contribution >= 0.6 is 0 Å². The maximum absolute atomic E-state index is 12.1. The van der Waals surface area contributed by atoms with Crippen molar-refractivity contribution in [2.24, 2.45) is 0 Å². The highest BCUT2D eigenvalue weighted by molar-refractivity contribution is 5.97. The zero-order valence-corrected chi connectivity index (χ0v) is 11.1. The minimum absolute atomic E-state index is 0.0568. The number of pyridine rings is 1. The van der Waals surface area contributed by atoms with Gasteiger partial charge < -0.3 is 14.9 Å². The highest BCUT2D eigenvalue weighted by atomic mass is 16.5. The van der Waals surface area contributed by atoms with Gasteiger partial charge in [0.15, 0.2) is 11.5 Å². The summed E-state index contributed by atoms with van der Waals surface area (Å²) in [6, 6.07) is 4.99. The van der Waals surface area contributed by atoms with Gasteiger partial charge in [0.1, 0.15) is 5.54 Å². The summed E-state index contributed by atoms with van der Waals surface area (Å²) in [5.41, 5.74) is -0.410. The van der Waals surface area contributed by atoms with E-state index in [1.165, 1.54) is 6.07 Å². The Morgan fingerprint density at radius 3 is 2.76 bits per heavy atom. The molecule has 1 fully saturated rings. The van der Waals surface area contributed by atoms with Crippen LogP contribution in [0.3, 0.4) is 0 Å². The van der Waals surface area contributed by atoms with E-state index >= 15 is 0 Å². The van der Waals surface area contributed by atoms with E-state index in [1.807, 2.05) is 0 Å². The standard InChI is InChI=1S/C14H13N3O4/c18-12(16-14(13(19)20)4-2-5-14)10-7-11(21-17-10)9-3-1-6-15-8-9/h1,3,6-8H,2,4-5H2,(H,16,18)(H,19,20). The van der Waals surface area contributed by atoms with E-state index in [9.17, 15) is 14.7 Å². The number of carbonyl (C=O) groups excluding carboxylic acids is 1. The van der Waals surface area contributed by atoms with Crippen molar-refractivity contribution in [2.75, 3.05) is 0 Å². The van der Waals surface area contributed by atoms with Crippen molar-refractivity contribution in [3.05, 3.63) is 36.3 Å². The van der Waals surface area contributed by atoms with Crippen molar-refractivity contribution in [2.45, 2.75) is 24.8 Å². The van der Waals surface area contributed by atoms with Crippen molar-refractivity contribution >= 4 is 11.9 Å². The summed E-state index contributed by atoms with van der Waals surface area (Å²) in [5, 5.41) is 15.4. The van der Waals surface area contributed by atoms with Crippen molar-refractivity contribution in [1.29, 1.82) is 0 Å². The zero-order chi connectivity index (χ0) is 14.9. The summed E-state index contributed by atoms with van der Waals surface area (Å²) >= 11 is 0. The number of nitrogens with zero attached hydrogens (tertiary/aromatic N) is 2. The molecule has 1 amide bonds. The molecule has 0 aromatic carbocycles. The Balaban J connectivity index is 1.77. The lowest BCUT2D eigenvalue weighted by Crippen LogP contribution is -2.59. The SMILES string of the molecule is O=C(NC1(C(=O)O)CCC1)c1cc(-c2cccnc2)on1. The maximum Gasteiger partial charge on any atom is 0.329 e. The van der Waals surface area contributed by atoms with E-state index in [1.54, 1.807) is 24.5 Å². The largest absolute Gasteiger partial charge is 0.480 e. The van der Waals surface area contributed by atoms with Crippen LogP contribution in [0.2, 0.25) is 0 Å². The Hall–Kier alpha value is -2.70. The first-order chi connectivity index (χ1) is 10.1. The van der Waals surface area contributed by atoms with E-state index < -0.39 is 17.4 Å². The van der Waals surface area contributed by atoms with E-state index in [2.05, 4.69) is 15.5 Å². The monoisotopic (exact) mass is 287 g/mol. The average Bonchev–Trinajstić information content (AvgIpc) is 2.93. The van der Waals surface area contributed by atoms with E-state index in [4.69, 9.17) is 4.52 Å². The number of rotatable bonds is 4. The fraction of sp³-hybridized carbons (Fsp3) is 0.286. The Labute approximate surface area is 120 Å². The van der Waals surface area contributed by atoms with Crippen LogP contribution in [0.4, 0.5) is 0 Å². The number of carbonyl (C=O) groups is 2. The number of aliphatic carboxylic acids is 1. The molecule has 0 aliphatic heterocycles. The van der Waals surface area contributed by atoms with E-state index in [-0.39, 0.29) is 5.69 Å². The summed E-state index contributed by atoms with van der Waals surface area (Å²) < 4.78 is 5.10. The predicted octanol–water partition coefficient (Wildman–Crippen LogP) is 1.47. The molecule has 0 unspecified atom stereocenters. The second-order valence-corrected chi connectivity index (χ2v) is 5.01. The first-order valence-electron chi connectivity index (χ1n) is 6.54.